The lowest BCUT2D eigenvalue weighted by Gasteiger charge is -2.34. The normalized spacial score (nSPS) is 16.0. The minimum absolute atomic E-state index is 1.00. The van der Waals surface area contributed by atoms with E-state index in [4.69, 9.17) is 0 Å². The Morgan fingerprint density at radius 1 is 0.963 bits per heavy atom. The maximum absolute atomic E-state index is 4.60. The minimum Gasteiger partial charge on any atom is -0.330 e. The Morgan fingerprint density at radius 2 is 1.74 bits per heavy atom. The molecule has 3 aromatic rings. The molecule has 0 saturated carbocycles. The molecule has 1 aliphatic heterocycles. The number of hydrogen-bond donors (Lipinski definition) is 0. The molecule has 27 heavy (non-hydrogen) atoms. The SMILES string of the molecule is CCN1CCN(CCCn2ccnc2-c2cnc(-c3ccccc3)s2)CC1. The van der Waals surface area contributed by atoms with Gasteiger partial charge in [0.1, 0.15) is 5.01 Å². The van der Waals surface area contributed by atoms with Crippen molar-refractivity contribution >= 4 is 11.3 Å². The number of aromatic nitrogens is 3. The largest absolute Gasteiger partial charge is 0.330 e. The van der Waals surface area contributed by atoms with Crippen LogP contribution in [0.15, 0.2) is 48.9 Å². The van der Waals surface area contributed by atoms with Crippen molar-refractivity contribution in [3.05, 3.63) is 48.9 Å². The van der Waals surface area contributed by atoms with Gasteiger partial charge in [-0.25, -0.2) is 9.97 Å². The van der Waals surface area contributed by atoms with Crippen LogP contribution in [0.1, 0.15) is 13.3 Å². The van der Waals surface area contributed by atoms with Crippen LogP contribution in [0.2, 0.25) is 0 Å². The van der Waals surface area contributed by atoms with E-state index < -0.39 is 0 Å². The summed E-state index contributed by atoms with van der Waals surface area (Å²) < 4.78 is 2.27. The number of aryl methyl sites for hydroxylation is 1. The maximum atomic E-state index is 4.60. The van der Waals surface area contributed by atoms with Gasteiger partial charge in [0.05, 0.1) is 4.88 Å². The lowest BCUT2D eigenvalue weighted by atomic mass is 10.2. The van der Waals surface area contributed by atoms with Gasteiger partial charge in [-0.2, -0.15) is 0 Å². The minimum atomic E-state index is 1.00. The molecule has 1 fully saturated rings. The maximum Gasteiger partial charge on any atom is 0.151 e. The molecule has 3 heterocycles. The molecule has 0 atom stereocenters. The Kier molecular flexibility index (Phi) is 5.97. The Labute approximate surface area is 165 Å². The van der Waals surface area contributed by atoms with E-state index >= 15 is 0 Å². The number of benzene rings is 1. The Morgan fingerprint density at radius 3 is 2.52 bits per heavy atom. The zero-order valence-corrected chi connectivity index (χ0v) is 16.7. The van der Waals surface area contributed by atoms with E-state index in [9.17, 15) is 0 Å². The first-order valence-electron chi connectivity index (χ1n) is 9.81. The summed E-state index contributed by atoms with van der Waals surface area (Å²) in [7, 11) is 0. The van der Waals surface area contributed by atoms with Gasteiger partial charge >= 0.3 is 0 Å². The third-order valence-corrected chi connectivity index (χ3v) is 6.29. The summed E-state index contributed by atoms with van der Waals surface area (Å²) >= 11 is 1.71. The topological polar surface area (TPSA) is 37.2 Å². The van der Waals surface area contributed by atoms with Crippen molar-refractivity contribution in [2.75, 3.05) is 39.3 Å². The second kappa shape index (κ2) is 8.78. The van der Waals surface area contributed by atoms with Crippen LogP contribution in [0, 0.1) is 0 Å². The molecular weight excluding hydrogens is 354 g/mol. The van der Waals surface area contributed by atoms with E-state index in [1.54, 1.807) is 11.3 Å². The van der Waals surface area contributed by atoms with Crippen LogP contribution in [-0.2, 0) is 6.54 Å². The van der Waals surface area contributed by atoms with Crippen LogP contribution in [-0.4, -0.2) is 63.6 Å². The van der Waals surface area contributed by atoms with Gasteiger partial charge in [0.15, 0.2) is 5.82 Å². The molecular formula is C21H27N5S. The van der Waals surface area contributed by atoms with E-state index in [1.165, 1.54) is 32.7 Å². The number of likely N-dealkylation sites (N-methyl/N-ethyl adjacent to an activating group) is 1. The first kappa shape index (κ1) is 18.3. The molecule has 0 unspecified atom stereocenters. The molecule has 4 rings (SSSR count). The lowest BCUT2D eigenvalue weighted by molar-refractivity contribution is 0.135. The molecule has 0 spiro atoms. The van der Waals surface area contributed by atoms with Crippen molar-refractivity contribution in [3.8, 4) is 21.3 Å². The highest BCUT2D eigenvalue weighted by Crippen LogP contribution is 2.31. The van der Waals surface area contributed by atoms with Crippen molar-refractivity contribution in [2.45, 2.75) is 19.9 Å². The van der Waals surface area contributed by atoms with E-state index in [-0.39, 0.29) is 0 Å². The summed E-state index contributed by atoms with van der Waals surface area (Å²) in [5, 5.41) is 1.05. The summed E-state index contributed by atoms with van der Waals surface area (Å²) in [6.07, 6.45) is 7.10. The van der Waals surface area contributed by atoms with Crippen molar-refractivity contribution < 1.29 is 0 Å². The fourth-order valence-electron chi connectivity index (χ4n) is 3.60. The molecule has 0 radical (unpaired) electrons. The highest BCUT2D eigenvalue weighted by Gasteiger charge is 2.15. The van der Waals surface area contributed by atoms with Gasteiger partial charge in [-0.15, -0.1) is 11.3 Å². The van der Waals surface area contributed by atoms with Crippen molar-refractivity contribution in [1.82, 2.24) is 24.3 Å². The number of rotatable bonds is 7. The first-order valence-corrected chi connectivity index (χ1v) is 10.6. The van der Waals surface area contributed by atoms with Crippen molar-refractivity contribution in [1.29, 1.82) is 0 Å². The number of nitrogens with zero attached hydrogens (tertiary/aromatic N) is 5. The Hall–Kier alpha value is -2.02. The van der Waals surface area contributed by atoms with Crippen LogP contribution in [0.25, 0.3) is 21.3 Å². The third kappa shape index (κ3) is 4.46. The van der Waals surface area contributed by atoms with E-state index in [0.29, 0.717) is 0 Å². The van der Waals surface area contributed by atoms with Crippen LogP contribution >= 0.6 is 11.3 Å². The van der Waals surface area contributed by atoms with Gasteiger partial charge in [0.2, 0.25) is 0 Å². The fourth-order valence-corrected chi connectivity index (χ4v) is 4.53. The van der Waals surface area contributed by atoms with Crippen molar-refractivity contribution in [2.24, 2.45) is 0 Å². The molecule has 1 aromatic carbocycles. The van der Waals surface area contributed by atoms with Crippen LogP contribution in [0.5, 0.6) is 0 Å². The summed E-state index contributed by atoms with van der Waals surface area (Å²) in [6, 6.07) is 10.4. The number of imidazole rings is 1. The quantitative estimate of drug-likeness (QED) is 0.625. The molecule has 0 amide bonds. The Bertz CT molecular complexity index is 833. The predicted molar refractivity (Wildman–Crippen MR) is 112 cm³/mol. The standard InChI is InChI=1S/C21H27N5S/c1-2-24-13-15-25(16-14-24)10-6-11-26-12-9-22-20(26)19-17-23-21(27-19)18-7-4-3-5-8-18/h3-5,7-9,12,17H,2,6,10-11,13-16H2,1H3. The van der Waals surface area contributed by atoms with Crippen molar-refractivity contribution in [3.63, 3.8) is 0 Å². The summed E-state index contributed by atoms with van der Waals surface area (Å²) in [5.74, 6) is 1.03. The van der Waals surface area contributed by atoms with Gasteiger partial charge in [-0.05, 0) is 19.5 Å². The van der Waals surface area contributed by atoms with Gasteiger partial charge in [0.25, 0.3) is 0 Å². The predicted octanol–water partition coefficient (Wildman–Crippen LogP) is 3.70. The monoisotopic (exact) mass is 381 g/mol. The lowest BCUT2D eigenvalue weighted by Crippen LogP contribution is -2.46. The molecule has 6 heteroatoms. The molecule has 1 saturated heterocycles. The average molecular weight is 382 g/mol. The molecule has 0 N–H and O–H groups in total. The zero-order valence-electron chi connectivity index (χ0n) is 15.9. The molecule has 2 aromatic heterocycles. The van der Waals surface area contributed by atoms with E-state index in [0.717, 1.165) is 40.8 Å². The average Bonchev–Trinajstić information content (AvgIpc) is 3.38. The number of thiazole rings is 1. The van der Waals surface area contributed by atoms with E-state index in [2.05, 4.69) is 61.7 Å². The smallest absolute Gasteiger partial charge is 0.151 e. The molecule has 0 bridgehead atoms. The number of piperazine rings is 1. The molecule has 1 aliphatic rings. The van der Waals surface area contributed by atoms with E-state index in [1.807, 2.05) is 18.5 Å². The molecule has 0 aliphatic carbocycles. The van der Waals surface area contributed by atoms with Crippen LogP contribution < -0.4 is 0 Å². The van der Waals surface area contributed by atoms with Gasteiger partial charge in [-0.3, -0.25) is 0 Å². The summed E-state index contributed by atoms with van der Waals surface area (Å²) in [4.78, 5) is 15.4. The Balaban J connectivity index is 1.35. The molecule has 5 nitrogen and oxygen atoms in total. The van der Waals surface area contributed by atoms with Crippen LogP contribution in [0.4, 0.5) is 0 Å². The highest BCUT2D eigenvalue weighted by molar-refractivity contribution is 7.18. The van der Waals surface area contributed by atoms with Gasteiger partial charge < -0.3 is 14.4 Å². The highest BCUT2D eigenvalue weighted by atomic mass is 32.1. The second-order valence-electron chi connectivity index (χ2n) is 6.97. The number of hydrogen-bond acceptors (Lipinski definition) is 5. The first-order chi connectivity index (χ1) is 13.3. The van der Waals surface area contributed by atoms with Gasteiger partial charge in [0, 0.05) is 56.9 Å². The third-order valence-electron chi connectivity index (χ3n) is 5.25. The van der Waals surface area contributed by atoms with Gasteiger partial charge in [-0.1, -0.05) is 37.3 Å². The second-order valence-corrected chi connectivity index (χ2v) is 8.00. The summed E-state index contributed by atoms with van der Waals surface area (Å²) in [6.45, 7) is 10.4. The zero-order chi connectivity index (χ0) is 18.5. The van der Waals surface area contributed by atoms with Crippen LogP contribution in [0.3, 0.4) is 0 Å². The fraction of sp³-hybridized carbons (Fsp3) is 0.429. The summed E-state index contributed by atoms with van der Waals surface area (Å²) in [5.41, 5.74) is 1.16. The molecule has 142 valence electrons.